The molecular formula is C21H22N4O2. The molecule has 1 aliphatic heterocycles. The molecule has 1 amide bonds. The van der Waals surface area contributed by atoms with E-state index in [9.17, 15) is 9.90 Å². The van der Waals surface area contributed by atoms with Crippen LogP contribution in [-0.2, 0) is 0 Å². The lowest BCUT2D eigenvalue weighted by Gasteiger charge is -2.26. The van der Waals surface area contributed by atoms with Crippen molar-refractivity contribution in [1.29, 1.82) is 0 Å². The number of aromatic nitrogens is 2. The molecule has 3 N–H and O–H groups in total. The molecule has 0 aliphatic carbocycles. The van der Waals surface area contributed by atoms with E-state index in [4.69, 9.17) is 0 Å². The maximum atomic E-state index is 12.8. The SMILES string of the molecule is C=C(Nc1ccc(O)cc1)c1n[nH]c2ccc(C(=O)N3CCCCC3)cc12. The van der Waals surface area contributed by atoms with Crippen molar-refractivity contribution < 1.29 is 9.90 Å². The number of hydrogen-bond acceptors (Lipinski definition) is 4. The Morgan fingerprint density at radius 1 is 1.11 bits per heavy atom. The summed E-state index contributed by atoms with van der Waals surface area (Å²) in [5.74, 6) is 0.276. The van der Waals surface area contributed by atoms with Gasteiger partial charge in [0.15, 0.2) is 0 Å². The molecule has 1 saturated heterocycles. The van der Waals surface area contributed by atoms with Gasteiger partial charge >= 0.3 is 0 Å². The van der Waals surface area contributed by atoms with Crippen LogP contribution >= 0.6 is 0 Å². The van der Waals surface area contributed by atoms with Gasteiger partial charge in [-0.3, -0.25) is 9.89 Å². The largest absolute Gasteiger partial charge is 0.508 e. The molecule has 0 unspecified atom stereocenters. The number of phenols is 1. The Kier molecular flexibility index (Phi) is 4.54. The van der Waals surface area contributed by atoms with E-state index in [0.717, 1.165) is 42.5 Å². The van der Waals surface area contributed by atoms with Gasteiger partial charge in [-0.15, -0.1) is 0 Å². The van der Waals surface area contributed by atoms with E-state index in [1.54, 1.807) is 24.3 Å². The minimum absolute atomic E-state index is 0.0702. The second-order valence-electron chi connectivity index (χ2n) is 6.84. The number of carbonyl (C=O) groups is 1. The van der Waals surface area contributed by atoms with Gasteiger partial charge in [-0.2, -0.15) is 5.10 Å². The van der Waals surface area contributed by atoms with Crippen LogP contribution in [0.15, 0.2) is 49.0 Å². The minimum atomic E-state index is 0.0702. The number of rotatable bonds is 4. The fourth-order valence-corrected chi connectivity index (χ4v) is 3.43. The molecule has 1 fully saturated rings. The van der Waals surface area contributed by atoms with Gasteiger partial charge < -0.3 is 15.3 Å². The summed E-state index contributed by atoms with van der Waals surface area (Å²) in [7, 11) is 0. The van der Waals surface area contributed by atoms with Gasteiger partial charge in [-0.1, -0.05) is 6.58 Å². The van der Waals surface area contributed by atoms with Crippen molar-refractivity contribution in [1.82, 2.24) is 15.1 Å². The highest BCUT2D eigenvalue weighted by Gasteiger charge is 2.19. The topological polar surface area (TPSA) is 81.2 Å². The molecule has 0 spiro atoms. The fourth-order valence-electron chi connectivity index (χ4n) is 3.43. The number of aromatic amines is 1. The van der Waals surface area contributed by atoms with Gasteiger partial charge in [0.1, 0.15) is 11.4 Å². The summed E-state index contributed by atoms with van der Waals surface area (Å²) >= 11 is 0. The molecule has 2 aromatic carbocycles. The lowest BCUT2D eigenvalue weighted by Crippen LogP contribution is -2.35. The number of hydrogen-bond donors (Lipinski definition) is 3. The fraction of sp³-hybridized carbons (Fsp3) is 0.238. The number of nitrogens with zero attached hydrogens (tertiary/aromatic N) is 2. The molecule has 0 saturated carbocycles. The van der Waals surface area contributed by atoms with Gasteiger partial charge in [0.25, 0.3) is 5.91 Å². The van der Waals surface area contributed by atoms with E-state index in [1.165, 1.54) is 6.42 Å². The highest BCUT2D eigenvalue weighted by molar-refractivity contribution is 6.01. The standard InChI is InChI=1S/C21H22N4O2/c1-14(22-16-6-8-17(26)9-7-16)20-18-13-15(5-10-19(18)23-24-20)21(27)25-11-3-2-4-12-25/h5-10,13,22,26H,1-4,11-12H2,(H,23,24). The van der Waals surface area contributed by atoms with Gasteiger partial charge in [0, 0.05) is 29.7 Å². The third kappa shape index (κ3) is 3.51. The Labute approximate surface area is 157 Å². The predicted molar refractivity (Wildman–Crippen MR) is 107 cm³/mol. The molecule has 4 rings (SSSR count). The first-order valence-corrected chi connectivity index (χ1v) is 9.14. The van der Waals surface area contributed by atoms with Crippen LogP contribution in [0.4, 0.5) is 5.69 Å². The number of aromatic hydroxyl groups is 1. The average Bonchev–Trinajstić information content (AvgIpc) is 3.13. The number of carbonyl (C=O) groups excluding carboxylic acids is 1. The minimum Gasteiger partial charge on any atom is -0.508 e. The second kappa shape index (κ2) is 7.15. The Balaban J connectivity index is 1.60. The van der Waals surface area contributed by atoms with Crippen molar-refractivity contribution in [2.75, 3.05) is 18.4 Å². The maximum absolute atomic E-state index is 12.8. The van der Waals surface area contributed by atoms with Crippen LogP contribution in [0.3, 0.4) is 0 Å². The van der Waals surface area contributed by atoms with Gasteiger partial charge in [-0.05, 0) is 61.7 Å². The lowest BCUT2D eigenvalue weighted by atomic mass is 10.1. The summed E-state index contributed by atoms with van der Waals surface area (Å²) < 4.78 is 0. The predicted octanol–water partition coefficient (Wildman–Crippen LogP) is 3.98. The molecule has 0 bridgehead atoms. The third-order valence-electron chi connectivity index (χ3n) is 4.90. The average molecular weight is 362 g/mol. The number of H-pyrrole nitrogens is 1. The van der Waals surface area contributed by atoms with Gasteiger partial charge in [0.05, 0.1) is 11.2 Å². The number of piperidine rings is 1. The van der Waals surface area contributed by atoms with E-state index >= 15 is 0 Å². The van der Waals surface area contributed by atoms with Crippen LogP contribution in [0, 0.1) is 0 Å². The molecule has 1 aromatic heterocycles. The van der Waals surface area contributed by atoms with Crippen LogP contribution in [0.25, 0.3) is 16.6 Å². The zero-order valence-corrected chi connectivity index (χ0v) is 15.0. The molecular weight excluding hydrogens is 340 g/mol. The summed E-state index contributed by atoms with van der Waals surface area (Å²) in [5, 5.41) is 20.8. The summed E-state index contributed by atoms with van der Waals surface area (Å²) in [6.07, 6.45) is 3.33. The zero-order valence-electron chi connectivity index (χ0n) is 15.0. The van der Waals surface area contributed by atoms with Crippen molar-refractivity contribution in [3.05, 3.63) is 60.3 Å². The maximum Gasteiger partial charge on any atom is 0.253 e. The molecule has 138 valence electrons. The Hall–Kier alpha value is -3.28. The summed E-state index contributed by atoms with van der Waals surface area (Å²) in [6.45, 7) is 5.73. The van der Waals surface area contributed by atoms with Gasteiger partial charge in [-0.25, -0.2) is 0 Å². The first-order chi connectivity index (χ1) is 13.1. The Bertz CT molecular complexity index is 985. The molecule has 3 aromatic rings. The van der Waals surface area contributed by atoms with Crippen molar-refractivity contribution >= 4 is 28.2 Å². The number of nitrogens with one attached hydrogen (secondary N) is 2. The second-order valence-corrected chi connectivity index (χ2v) is 6.84. The number of benzene rings is 2. The Morgan fingerprint density at radius 3 is 2.59 bits per heavy atom. The quantitative estimate of drug-likeness (QED) is 0.613. The van der Waals surface area contributed by atoms with Crippen LogP contribution in [0.2, 0.25) is 0 Å². The van der Waals surface area contributed by atoms with Crippen LogP contribution in [-0.4, -0.2) is 39.2 Å². The number of anilines is 1. The van der Waals surface area contributed by atoms with E-state index in [2.05, 4.69) is 22.1 Å². The van der Waals surface area contributed by atoms with Crippen molar-refractivity contribution in [3.8, 4) is 5.75 Å². The molecule has 2 heterocycles. The highest BCUT2D eigenvalue weighted by atomic mass is 16.3. The van der Waals surface area contributed by atoms with Crippen LogP contribution in [0.1, 0.15) is 35.3 Å². The summed E-state index contributed by atoms with van der Waals surface area (Å²) in [6, 6.07) is 12.4. The van der Waals surface area contributed by atoms with Crippen molar-refractivity contribution in [2.45, 2.75) is 19.3 Å². The van der Waals surface area contributed by atoms with Crippen molar-refractivity contribution in [3.63, 3.8) is 0 Å². The number of likely N-dealkylation sites (tertiary alicyclic amines) is 1. The van der Waals surface area contributed by atoms with E-state index < -0.39 is 0 Å². The van der Waals surface area contributed by atoms with Crippen molar-refractivity contribution in [2.24, 2.45) is 0 Å². The number of phenolic OH excluding ortho intramolecular Hbond substituents is 1. The monoisotopic (exact) mass is 362 g/mol. The number of fused-ring (bicyclic) bond motifs is 1. The molecule has 6 nitrogen and oxygen atoms in total. The highest BCUT2D eigenvalue weighted by Crippen LogP contribution is 2.26. The van der Waals surface area contributed by atoms with Crippen LogP contribution in [0.5, 0.6) is 5.75 Å². The molecule has 6 heteroatoms. The lowest BCUT2D eigenvalue weighted by molar-refractivity contribution is 0.0724. The molecule has 1 aliphatic rings. The third-order valence-corrected chi connectivity index (χ3v) is 4.90. The first kappa shape index (κ1) is 17.1. The molecule has 0 atom stereocenters. The van der Waals surface area contributed by atoms with E-state index in [0.29, 0.717) is 17.0 Å². The Morgan fingerprint density at radius 2 is 1.85 bits per heavy atom. The van der Waals surface area contributed by atoms with E-state index in [1.807, 2.05) is 23.1 Å². The zero-order chi connectivity index (χ0) is 18.8. The smallest absolute Gasteiger partial charge is 0.253 e. The number of amides is 1. The van der Waals surface area contributed by atoms with Crippen LogP contribution < -0.4 is 5.32 Å². The molecule has 27 heavy (non-hydrogen) atoms. The first-order valence-electron chi connectivity index (χ1n) is 9.14. The molecule has 0 radical (unpaired) electrons. The summed E-state index contributed by atoms with van der Waals surface area (Å²) in [5.41, 5.74) is 3.62. The van der Waals surface area contributed by atoms with Gasteiger partial charge in [0.2, 0.25) is 0 Å². The van der Waals surface area contributed by atoms with E-state index in [-0.39, 0.29) is 11.7 Å². The normalized spacial score (nSPS) is 14.3. The summed E-state index contributed by atoms with van der Waals surface area (Å²) in [4.78, 5) is 14.7.